The van der Waals surface area contributed by atoms with Crippen LogP contribution in [0, 0.1) is 0 Å². The van der Waals surface area contributed by atoms with Crippen molar-refractivity contribution in [1.29, 1.82) is 0 Å². The molecule has 1 N–H and O–H groups in total. The Balaban J connectivity index is 4.05. The third-order valence-electron chi connectivity index (χ3n) is 5.93. The first-order valence-electron chi connectivity index (χ1n) is 12.9. The van der Waals surface area contributed by atoms with E-state index in [1.54, 1.807) is 0 Å². The van der Waals surface area contributed by atoms with Crippen molar-refractivity contribution >= 4 is 27.4 Å². The van der Waals surface area contributed by atoms with Crippen LogP contribution in [0.5, 0.6) is 0 Å². The third kappa shape index (κ3) is 18.4. The van der Waals surface area contributed by atoms with Gasteiger partial charge in [-0.15, -0.1) is 0 Å². The second-order valence-corrected chi connectivity index (χ2v) is 22.4. The Bertz CT molecular complexity index is 309. The summed E-state index contributed by atoms with van der Waals surface area (Å²) in [4.78, 5) is 10.5. The molecule has 1 unspecified atom stereocenters. The van der Waals surface area contributed by atoms with Gasteiger partial charge < -0.3 is 0 Å². The number of rotatable bonds is 23. The summed E-state index contributed by atoms with van der Waals surface area (Å²) in [6, 6.07) is 0. The molecule has 0 saturated heterocycles. The van der Waals surface area contributed by atoms with Crippen LogP contribution in [0.4, 0.5) is 0 Å². The molecule has 29 heavy (non-hydrogen) atoms. The molecule has 0 aromatic rings. The summed E-state index contributed by atoms with van der Waals surface area (Å²) in [7, 11) is -1.66. The Morgan fingerprint density at radius 1 is 0.552 bits per heavy atom. The number of unbranched alkanes of at least 4 members (excludes halogenated alkanes) is 12. The SMILES string of the molecule is CCCCCCCCCCCCOP(O)[O][Sn]([CH2]CCC)([CH2]CCC)[CH2]CCC. The molecule has 5 heteroatoms. The van der Waals surface area contributed by atoms with Gasteiger partial charge in [-0.3, -0.25) is 0 Å². The van der Waals surface area contributed by atoms with Gasteiger partial charge in [0.15, 0.2) is 0 Å². The minimum atomic E-state index is -2.73. The van der Waals surface area contributed by atoms with Crippen LogP contribution in [0.1, 0.15) is 130 Å². The minimum absolute atomic E-state index is 0.663. The third-order valence-corrected chi connectivity index (χ3v) is 22.4. The molecule has 0 rings (SSSR count). The molecule has 0 spiro atoms. The molecule has 0 aromatic heterocycles. The Morgan fingerprint density at radius 2 is 0.931 bits per heavy atom. The fourth-order valence-electron chi connectivity index (χ4n) is 3.93. The fourth-order valence-corrected chi connectivity index (χ4v) is 21.2. The van der Waals surface area contributed by atoms with Crippen LogP contribution in [0.2, 0.25) is 13.3 Å². The molecule has 1 atom stereocenters. The topological polar surface area (TPSA) is 38.7 Å². The van der Waals surface area contributed by atoms with Crippen molar-refractivity contribution in [3.05, 3.63) is 0 Å². The van der Waals surface area contributed by atoms with Gasteiger partial charge in [0.05, 0.1) is 0 Å². The average molecular weight is 539 g/mol. The van der Waals surface area contributed by atoms with Crippen LogP contribution in [0.3, 0.4) is 0 Å². The van der Waals surface area contributed by atoms with Crippen LogP contribution in [-0.2, 0) is 7.38 Å². The van der Waals surface area contributed by atoms with Crippen molar-refractivity contribution in [2.75, 3.05) is 6.61 Å². The first-order chi connectivity index (χ1) is 14.1. The van der Waals surface area contributed by atoms with Crippen molar-refractivity contribution in [2.45, 2.75) is 144 Å². The molecule has 0 bridgehead atoms. The van der Waals surface area contributed by atoms with Gasteiger partial charge in [0, 0.05) is 0 Å². The van der Waals surface area contributed by atoms with E-state index in [4.69, 9.17) is 7.38 Å². The van der Waals surface area contributed by atoms with E-state index in [0.717, 1.165) is 6.42 Å². The van der Waals surface area contributed by atoms with Gasteiger partial charge in [0.1, 0.15) is 0 Å². The Labute approximate surface area is 189 Å². The predicted octanol–water partition coefficient (Wildman–Crippen LogP) is 9.51. The molecular weight excluding hydrogens is 486 g/mol. The van der Waals surface area contributed by atoms with E-state index in [0.29, 0.717) is 6.61 Å². The maximum atomic E-state index is 10.5. The summed E-state index contributed by atoms with van der Waals surface area (Å²) < 4.78 is 16.0. The van der Waals surface area contributed by atoms with Crippen LogP contribution in [0.15, 0.2) is 0 Å². The quantitative estimate of drug-likeness (QED) is 0.0799. The monoisotopic (exact) mass is 540 g/mol. The summed E-state index contributed by atoms with van der Waals surface area (Å²) in [6.07, 6.45) is 20.7. The van der Waals surface area contributed by atoms with Crippen LogP contribution in [-0.4, -0.2) is 30.3 Å². The molecule has 0 aliphatic rings. The zero-order valence-electron chi connectivity index (χ0n) is 20.4. The molecule has 3 nitrogen and oxygen atoms in total. The number of hydrogen-bond donors (Lipinski definition) is 1. The summed E-state index contributed by atoms with van der Waals surface area (Å²) >= 11 is -2.73. The maximum absolute atomic E-state index is 10.5. The number of hydrogen-bond acceptors (Lipinski definition) is 3. The Hall–Kier alpha value is 1.11. The summed E-state index contributed by atoms with van der Waals surface area (Å²) in [5.41, 5.74) is 0. The molecule has 0 heterocycles. The molecule has 0 aromatic carbocycles. The van der Waals surface area contributed by atoms with Gasteiger partial charge in [0.2, 0.25) is 0 Å². The van der Waals surface area contributed by atoms with Crippen LogP contribution in [0.25, 0.3) is 0 Å². The van der Waals surface area contributed by atoms with Gasteiger partial charge in [-0.25, -0.2) is 0 Å². The zero-order chi connectivity index (χ0) is 21.6. The van der Waals surface area contributed by atoms with E-state index in [2.05, 4.69) is 27.7 Å². The van der Waals surface area contributed by atoms with Crippen LogP contribution >= 0.6 is 8.60 Å². The van der Waals surface area contributed by atoms with E-state index in [9.17, 15) is 4.89 Å². The van der Waals surface area contributed by atoms with E-state index in [1.807, 2.05) is 0 Å². The van der Waals surface area contributed by atoms with Crippen molar-refractivity contribution in [2.24, 2.45) is 0 Å². The first kappa shape index (κ1) is 30.1. The molecule has 0 radical (unpaired) electrons. The van der Waals surface area contributed by atoms with E-state index >= 15 is 0 Å². The fraction of sp³-hybridized carbons (Fsp3) is 1.00. The van der Waals surface area contributed by atoms with Gasteiger partial charge >= 0.3 is 170 Å². The molecular formula is C24H53O3PSn. The van der Waals surface area contributed by atoms with Crippen LogP contribution < -0.4 is 0 Å². The van der Waals surface area contributed by atoms with Gasteiger partial charge in [-0.05, 0) is 0 Å². The zero-order valence-corrected chi connectivity index (χ0v) is 24.1. The summed E-state index contributed by atoms with van der Waals surface area (Å²) in [6.45, 7) is 9.73. The molecule has 0 saturated carbocycles. The molecule has 0 aliphatic heterocycles. The Morgan fingerprint density at radius 3 is 1.34 bits per heavy atom. The second kappa shape index (κ2) is 22.3. The molecule has 0 fully saturated rings. The van der Waals surface area contributed by atoms with Gasteiger partial charge in [0.25, 0.3) is 0 Å². The van der Waals surface area contributed by atoms with Crippen molar-refractivity contribution < 1.29 is 12.3 Å². The van der Waals surface area contributed by atoms with Gasteiger partial charge in [-0.1, -0.05) is 19.8 Å². The second-order valence-electron chi connectivity index (χ2n) is 8.84. The van der Waals surface area contributed by atoms with Crippen molar-refractivity contribution in [3.8, 4) is 0 Å². The van der Waals surface area contributed by atoms with E-state index in [-0.39, 0.29) is 0 Å². The Kier molecular flexibility index (Phi) is 23.2. The molecule has 0 aliphatic carbocycles. The normalized spacial score (nSPS) is 13.1. The molecule has 0 amide bonds. The van der Waals surface area contributed by atoms with E-state index in [1.165, 1.54) is 110 Å². The summed E-state index contributed by atoms with van der Waals surface area (Å²) in [5.74, 6) is 0. The van der Waals surface area contributed by atoms with Crippen molar-refractivity contribution in [1.82, 2.24) is 0 Å². The summed E-state index contributed by atoms with van der Waals surface area (Å²) in [5, 5.41) is 0. The standard InChI is InChI=1S/C12H26O3P.3C4H9.Sn/c1-2-3-4-5-6-7-8-9-10-11-12-15-16(13)14;3*1-3-4-2;/h13H,2-12H2,1H3;3*1,3-4H2,2H3;/q-1;;;;+1. The first-order valence-corrected chi connectivity index (χ1v) is 21.3. The van der Waals surface area contributed by atoms with E-state index < -0.39 is 27.4 Å². The predicted molar refractivity (Wildman–Crippen MR) is 133 cm³/mol. The average Bonchev–Trinajstić information content (AvgIpc) is 2.73. The van der Waals surface area contributed by atoms with Gasteiger partial charge in [-0.2, -0.15) is 0 Å². The van der Waals surface area contributed by atoms with Crippen molar-refractivity contribution in [3.63, 3.8) is 0 Å². The molecule has 176 valence electrons.